The summed E-state index contributed by atoms with van der Waals surface area (Å²) in [6, 6.07) is 3.55. The highest BCUT2D eigenvalue weighted by molar-refractivity contribution is 7.80. The van der Waals surface area contributed by atoms with Crippen molar-refractivity contribution in [1.29, 1.82) is 0 Å². The van der Waals surface area contributed by atoms with E-state index in [-0.39, 0.29) is 15.8 Å². The summed E-state index contributed by atoms with van der Waals surface area (Å²) in [4.78, 5) is 0. The van der Waals surface area contributed by atoms with Gasteiger partial charge in [-0.15, -0.1) is 0 Å². The Morgan fingerprint density at radius 2 is 2.10 bits per heavy atom. The van der Waals surface area contributed by atoms with Crippen LogP contribution in [0.1, 0.15) is 18.9 Å². The monoisotopic (exact) mass is 340 g/mol. The number of thiocarbonyl (C=S) groups is 1. The largest absolute Gasteiger partial charge is 0.417 e. The van der Waals surface area contributed by atoms with Crippen LogP contribution < -0.4 is 10.6 Å². The van der Waals surface area contributed by atoms with E-state index in [2.05, 4.69) is 10.6 Å². The Bertz CT molecular complexity index is 483. The van der Waals surface area contributed by atoms with Crippen molar-refractivity contribution < 1.29 is 17.9 Å². The van der Waals surface area contributed by atoms with Gasteiger partial charge in [0.1, 0.15) is 0 Å². The van der Waals surface area contributed by atoms with Crippen molar-refractivity contribution in [2.24, 2.45) is 0 Å². The Morgan fingerprint density at radius 3 is 2.71 bits per heavy atom. The summed E-state index contributed by atoms with van der Waals surface area (Å²) in [5, 5.41) is 5.49. The van der Waals surface area contributed by atoms with Gasteiger partial charge in [-0.25, -0.2) is 0 Å². The molecule has 0 spiro atoms. The minimum atomic E-state index is -4.50. The lowest BCUT2D eigenvalue weighted by Crippen LogP contribution is -2.29. The zero-order valence-electron chi connectivity index (χ0n) is 11.4. The summed E-state index contributed by atoms with van der Waals surface area (Å²) in [6.07, 6.45) is -3.74. The van der Waals surface area contributed by atoms with E-state index in [1.165, 1.54) is 12.1 Å². The molecule has 0 amide bonds. The van der Waals surface area contributed by atoms with Gasteiger partial charge in [0.2, 0.25) is 0 Å². The highest BCUT2D eigenvalue weighted by Gasteiger charge is 2.33. The molecular weight excluding hydrogens is 325 g/mol. The van der Waals surface area contributed by atoms with Gasteiger partial charge < -0.3 is 15.4 Å². The van der Waals surface area contributed by atoms with Crippen LogP contribution >= 0.6 is 23.8 Å². The fourth-order valence-electron chi connectivity index (χ4n) is 1.52. The second kappa shape index (κ2) is 8.41. The molecular formula is C13H16ClF3N2OS. The van der Waals surface area contributed by atoms with Gasteiger partial charge in [-0.05, 0) is 43.8 Å². The van der Waals surface area contributed by atoms with E-state index >= 15 is 0 Å². The zero-order valence-corrected chi connectivity index (χ0v) is 13.0. The predicted octanol–water partition coefficient (Wildman–Crippen LogP) is 4.07. The summed E-state index contributed by atoms with van der Waals surface area (Å²) in [5.74, 6) is 0. The molecule has 0 saturated heterocycles. The lowest BCUT2D eigenvalue weighted by molar-refractivity contribution is -0.137. The Labute approximate surface area is 131 Å². The third kappa shape index (κ3) is 6.50. The number of hydrogen-bond acceptors (Lipinski definition) is 2. The number of nitrogens with one attached hydrogen (secondary N) is 2. The summed E-state index contributed by atoms with van der Waals surface area (Å²) < 4.78 is 43.3. The summed E-state index contributed by atoms with van der Waals surface area (Å²) in [5.41, 5.74) is -0.664. The number of hydrogen-bond donors (Lipinski definition) is 2. The quantitative estimate of drug-likeness (QED) is 0.604. The average molecular weight is 341 g/mol. The molecule has 8 heteroatoms. The van der Waals surface area contributed by atoms with Gasteiger partial charge in [0.05, 0.1) is 10.6 Å². The highest BCUT2D eigenvalue weighted by atomic mass is 35.5. The molecule has 1 rings (SSSR count). The molecule has 21 heavy (non-hydrogen) atoms. The first-order valence-electron chi connectivity index (χ1n) is 6.34. The minimum absolute atomic E-state index is 0.231. The Kier molecular flexibility index (Phi) is 7.21. The van der Waals surface area contributed by atoms with Gasteiger partial charge in [-0.1, -0.05) is 11.6 Å². The summed E-state index contributed by atoms with van der Waals surface area (Å²) in [7, 11) is 0. The highest BCUT2D eigenvalue weighted by Crippen LogP contribution is 2.36. The predicted molar refractivity (Wildman–Crippen MR) is 81.8 cm³/mol. The molecule has 1 aromatic rings. The van der Waals surface area contributed by atoms with Gasteiger partial charge in [0.25, 0.3) is 0 Å². The molecule has 0 heterocycles. The number of anilines is 1. The van der Waals surface area contributed by atoms with Crippen molar-refractivity contribution in [3.63, 3.8) is 0 Å². The van der Waals surface area contributed by atoms with Crippen molar-refractivity contribution in [3.8, 4) is 0 Å². The van der Waals surface area contributed by atoms with Gasteiger partial charge in [-0.2, -0.15) is 13.2 Å². The third-order valence-electron chi connectivity index (χ3n) is 2.48. The van der Waals surface area contributed by atoms with E-state index in [1.54, 1.807) is 0 Å². The molecule has 0 unspecified atom stereocenters. The molecule has 0 bridgehead atoms. The molecule has 0 aliphatic carbocycles. The van der Waals surface area contributed by atoms with Crippen LogP contribution in [0.4, 0.5) is 18.9 Å². The fraction of sp³-hybridized carbons (Fsp3) is 0.462. The average Bonchev–Trinajstić information content (AvgIpc) is 2.39. The second-order valence-electron chi connectivity index (χ2n) is 4.12. The molecule has 1 aromatic carbocycles. The van der Waals surface area contributed by atoms with E-state index in [4.69, 9.17) is 28.6 Å². The number of halogens is 4. The maximum absolute atomic E-state index is 12.7. The Morgan fingerprint density at radius 1 is 1.38 bits per heavy atom. The third-order valence-corrected chi connectivity index (χ3v) is 3.06. The van der Waals surface area contributed by atoms with Crippen LogP contribution in [-0.2, 0) is 10.9 Å². The lowest BCUT2D eigenvalue weighted by Gasteiger charge is -2.13. The van der Waals surface area contributed by atoms with Crippen LogP contribution in [0, 0.1) is 0 Å². The molecule has 0 atom stereocenters. The number of rotatable bonds is 6. The minimum Gasteiger partial charge on any atom is -0.382 e. The smallest absolute Gasteiger partial charge is 0.382 e. The SMILES string of the molecule is CCOCCCNC(=S)Nc1ccc(Cl)c(C(F)(F)F)c1. The molecule has 3 nitrogen and oxygen atoms in total. The first kappa shape index (κ1) is 18.0. The van der Waals surface area contributed by atoms with Gasteiger partial charge in [-0.3, -0.25) is 0 Å². The van der Waals surface area contributed by atoms with E-state index in [0.717, 1.165) is 12.5 Å². The second-order valence-corrected chi connectivity index (χ2v) is 4.94. The normalized spacial score (nSPS) is 11.3. The number of ether oxygens (including phenoxy) is 1. The van der Waals surface area contributed by atoms with E-state index < -0.39 is 11.7 Å². The molecule has 0 fully saturated rings. The lowest BCUT2D eigenvalue weighted by atomic mass is 10.2. The molecule has 118 valence electrons. The molecule has 0 aromatic heterocycles. The van der Waals surface area contributed by atoms with Crippen molar-refractivity contribution in [2.45, 2.75) is 19.5 Å². The van der Waals surface area contributed by atoms with Crippen LogP contribution in [-0.4, -0.2) is 24.9 Å². The maximum atomic E-state index is 12.7. The topological polar surface area (TPSA) is 33.3 Å². The number of alkyl halides is 3. The van der Waals surface area contributed by atoms with E-state index in [9.17, 15) is 13.2 Å². The summed E-state index contributed by atoms with van der Waals surface area (Å²) in [6.45, 7) is 3.73. The molecule has 0 saturated carbocycles. The Balaban J connectivity index is 2.53. The van der Waals surface area contributed by atoms with Crippen molar-refractivity contribution >= 4 is 34.6 Å². The first-order valence-corrected chi connectivity index (χ1v) is 7.12. The maximum Gasteiger partial charge on any atom is 0.417 e. The molecule has 2 N–H and O–H groups in total. The zero-order chi connectivity index (χ0) is 15.9. The van der Waals surface area contributed by atoms with Crippen LogP contribution in [0.25, 0.3) is 0 Å². The van der Waals surface area contributed by atoms with Crippen molar-refractivity contribution in [2.75, 3.05) is 25.1 Å². The van der Waals surface area contributed by atoms with Gasteiger partial charge in [0.15, 0.2) is 5.11 Å². The van der Waals surface area contributed by atoms with Crippen LogP contribution in [0.5, 0.6) is 0 Å². The number of benzene rings is 1. The Hall–Kier alpha value is -1.05. The van der Waals surface area contributed by atoms with Gasteiger partial charge >= 0.3 is 6.18 Å². The van der Waals surface area contributed by atoms with E-state index in [1.807, 2.05) is 6.92 Å². The van der Waals surface area contributed by atoms with Crippen molar-refractivity contribution in [3.05, 3.63) is 28.8 Å². The summed E-state index contributed by atoms with van der Waals surface area (Å²) >= 11 is 10.5. The standard InChI is InChI=1S/C13H16ClF3N2OS/c1-2-20-7-3-6-18-12(21)19-9-4-5-11(14)10(8-9)13(15,16)17/h4-5,8H,2-3,6-7H2,1H3,(H2,18,19,21). The fourth-order valence-corrected chi connectivity index (χ4v) is 1.96. The van der Waals surface area contributed by atoms with Crippen LogP contribution in [0.3, 0.4) is 0 Å². The van der Waals surface area contributed by atoms with E-state index in [0.29, 0.717) is 19.8 Å². The van der Waals surface area contributed by atoms with Gasteiger partial charge in [0, 0.05) is 25.4 Å². The molecule has 0 aliphatic rings. The van der Waals surface area contributed by atoms with Crippen LogP contribution in [0.15, 0.2) is 18.2 Å². The van der Waals surface area contributed by atoms with Crippen molar-refractivity contribution in [1.82, 2.24) is 5.32 Å². The molecule has 0 radical (unpaired) electrons. The van der Waals surface area contributed by atoms with Crippen LogP contribution in [0.2, 0.25) is 5.02 Å². The molecule has 0 aliphatic heterocycles. The first-order chi connectivity index (χ1) is 9.84.